The third-order valence-electron chi connectivity index (χ3n) is 3.93. The summed E-state index contributed by atoms with van der Waals surface area (Å²) >= 11 is 1.63. The predicted molar refractivity (Wildman–Crippen MR) is 103 cm³/mol. The number of nitrogens with one attached hydrogen (secondary N) is 2. The molecule has 2 N–H and O–H groups in total. The number of ether oxygens (including phenoxy) is 1. The third-order valence-corrected chi connectivity index (χ3v) is 4.70. The van der Waals surface area contributed by atoms with E-state index in [-0.39, 0.29) is 0 Å². The zero-order valence-electron chi connectivity index (χ0n) is 14.7. The molecule has 0 aliphatic heterocycles. The Labute approximate surface area is 151 Å². The fourth-order valence-electron chi connectivity index (χ4n) is 2.67. The molecule has 0 spiro atoms. The van der Waals surface area contributed by atoms with Crippen LogP contribution in [-0.4, -0.2) is 36.0 Å². The number of methoxy groups -OCH3 is 1. The first-order chi connectivity index (χ1) is 12.2. The predicted octanol–water partition coefficient (Wildman–Crippen LogP) is 2.62. The van der Waals surface area contributed by atoms with Gasteiger partial charge < -0.3 is 15.4 Å². The molecular weight excluding hydrogens is 334 g/mol. The number of hydrogen-bond donors (Lipinski definition) is 2. The minimum absolute atomic E-state index is 0.641. The van der Waals surface area contributed by atoms with Gasteiger partial charge in [0.05, 0.1) is 19.3 Å². The Hall–Kier alpha value is -2.54. The molecule has 0 bridgehead atoms. The molecule has 0 atom stereocenters. The van der Waals surface area contributed by atoms with Crippen molar-refractivity contribution < 1.29 is 4.74 Å². The van der Waals surface area contributed by atoms with Crippen molar-refractivity contribution >= 4 is 22.3 Å². The summed E-state index contributed by atoms with van der Waals surface area (Å²) < 4.78 is 7.46. The Kier molecular flexibility index (Phi) is 5.55. The molecule has 3 rings (SSSR count). The molecule has 3 aromatic rings. The topological polar surface area (TPSA) is 63.0 Å². The molecule has 1 aromatic carbocycles. The molecule has 132 valence electrons. The normalized spacial score (nSPS) is 11.7. The van der Waals surface area contributed by atoms with E-state index in [0.717, 1.165) is 35.3 Å². The molecule has 0 aliphatic rings. The molecule has 0 radical (unpaired) electrons. The van der Waals surface area contributed by atoms with E-state index in [0.29, 0.717) is 6.54 Å². The third kappa shape index (κ3) is 4.30. The number of rotatable bonds is 6. The van der Waals surface area contributed by atoms with Gasteiger partial charge in [-0.05, 0) is 25.0 Å². The minimum atomic E-state index is 0.641. The summed E-state index contributed by atoms with van der Waals surface area (Å²) in [4.78, 5) is 9.83. The van der Waals surface area contributed by atoms with Crippen LogP contribution in [0.3, 0.4) is 0 Å². The maximum Gasteiger partial charge on any atom is 0.193 e. The van der Waals surface area contributed by atoms with Crippen LogP contribution in [0.25, 0.3) is 4.96 Å². The van der Waals surface area contributed by atoms with E-state index < -0.39 is 0 Å². The number of benzene rings is 1. The van der Waals surface area contributed by atoms with Crippen molar-refractivity contribution in [1.29, 1.82) is 0 Å². The fraction of sp³-hybridized carbons (Fsp3) is 0.333. The summed E-state index contributed by atoms with van der Waals surface area (Å²) in [6.45, 7) is 3.51. The number of aryl methyl sites for hydroxylation is 1. The lowest BCUT2D eigenvalue weighted by Crippen LogP contribution is -2.38. The average molecular weight is 357 g/mol. The standard InChI is InChI=1S/C18H23N5OS/c1-13-4-5-16(24-3)14(10-13)6-7-20-17(19-2)21-11-15-12-23-8-9-25-18(23)22-15/h4-5,8-10,12H,6-7,11H2,1-3H3,(H2,19,20,21). The van der Waals surface area contributed by atoms with Gasteiger partial charge in [0, 0.05) is 31.4 Å². The second-order valence-electron chi connectivity index (χ2n) is 5.74. The average Bonchev–Trinajstić information content (AvgIpc) is 3.19. The molecule has 0 unspecified atom stereocenters. The molecule has 0 fully saturated rings. The zero-order chi connectivity index (χ0) is 17.6. The number of guanidine groups is 1. The van der Waals surface area contributed by atoms with Crippen molar-refractivity contribution in [3.05, 3.63) is 52.8 Å². The fourth-order valence-corrected chi connectivity index (χ4v) is 3.39. The van der Waals surface area contributed by atoms with Gasteiger partial charge >= 0.3 is 0 Å². The van der Waals surface area contributed by atoms with Gasteiger partial charge in [0.1, 0.15) is 5.75 Å². The van der Waals surface area contributed by atoms with Crippen molar-refractivity contribution in [2.45, 2.75) is 19.9 Å². The Bertz CT molecular complexity index is 839. The first-order valence-corrected chi connectivity index (χ1v) is 9.06. The molecule has 7 heteroatoms. The van der Waals surface area contributed by atoms with Crippen LogP contribution in [0.5, 0.6) is 5.75 Å². The number of aromatic nitrogens is 2. The van der Waals surface area contributed by atoms with Gasteiger partial charge in [0.25, 0.3) is 0 Å². The number of hydrogen-bond acceptors (Lipinski definition) is 4. The van der Waals surface area contributed by atoms with E-state index in [1.165, 1.54) is 11.1 Å². The molecule has 2 heterocycles. The highest BCUT2D eigenvalue weighted by molar-refractivity contribution is 7.15. The van der Waals surface area contributed by atoms with Crippen LogP contribution < -0.4 is 15.4 Å². The van der Waals surface area contributed by atoms with Crippen LogP contribution in [0, 0.1) is 6.92 Å². The van der Waals surface area contributed by atoms with E-state index in [1.807, 2.05) is 28.2 Å². The monoisotopic (exact) mass is 357 g/mol. The molecule has 0 saturated carbocycles. The molecule has 0 saturated heterocycles. The number of fused-ring (bicyclic) bond motifs is 1. The summed E-state index contributed by atoms with van der Waals surface area (Å²) in [6.07, 6.45) is 4.91. The summed E-state index contributed by atoms with van der Waals surface area (Å²) in [5.41, 5.74) is 3.42. The largest absolute Gasteiger partial charge is 0.496 e. The van der Waals surface area contributed by atoms with Gasteiger partial charge in [-0.15, -0.1) is 11.3 Å². The van der Waals surface area contributed by atoms with Gasteiger partial charge in [-0.3, -0.25) is 9.39 Å². The minimum Gasteiger partial charge on any atom is -0.496 e. The second kappa shape index (κ2) is 8.02. The first kappa shape index (κ1) is 17.3. The first-order valence-electron chi connectivity index (χ1n) is 8.18. The van der Waals surface area contributed by atoms with Crippen molar-refractivity contribution in [1.82, 2.24) is 20.0 Å². The molecule has 0 amide bonds. The Balaban J connectivity index is 1.51. The van der Waals surface area contributed by atoms with Crippen LogP contribution >= 0.6 is 11.3 Å². The number of nitrogens with zero attached hydrogens (tertiary/aromatic N) is 3. The summed E-state index contributed by atoms with van der Waals surface area (Å²) in [6, 6.07) is 6.24. The SMILES string of the molecule is CN=C(NCCc1cc(C)ccc1OC)NCc1cn2ccsc2n1. The van der Waals surface area contributed by atoms with Gasteiger partial charge in [0.2, 0.25) is 0 Å². The van der Waals surface area contributed by atoms with Crippen molar-refractivity contribution in [3.63, 3.8) is 0 Å². The highest BCUT2D eigenvalue weighted by Gasteiger charge is 2.06. The van der Waals surface area contributed by atoms with Gasteiger partial charge in [0.15, 0.2) is 10.9 Å². The second-order valence-corrected chi connectivity index (χ2v) is 6.62. The van der Waals surface area contributed by atoms with E-state index in [4.69, 9.17) is 4.74 Å². The maximum absolute atomic E-state index is 5.43. The van der Waals surface area contributed by atoms with Crippen LogP contribution in [0.2, 0.25) is 0 Å². The summed E-state index contributed by atoms with van der Waals surface area (Å²) in [5.74, 6) is 1.69. The van der Waals surface area contributed by atoms with E-state index in [2.05, 4.69) is 39.7 Å². The smallest absolute Gasteiger partial charge is 0.193 e. The van der Waals surface area contributed by atoms with Crippen LogP contribution in [0.15, 0.2) is 41.0 Å². The Morgan fingerprint density at radius 2 is 2.24 bits per heavy atom. The number of imidazole rings is 1. The highest BCUT2D eigenvalue weighted by Crippen LogP contribution is 2.19. The van der Waals surface area contributed by atoms with Crippen LogP contribution in [-0.2, 0) is 13.0 Å². The highest BCUT2D eigenvalue weighted by atomic mass is 32.1. The Morgan fingerprint density at radius 1 is 1.36 bits per heavy atom. The lowest BCUT2D eigenvalue weighted by atomic mass is 10.1. The summed E-state index contributed by atoms with van der Waals surface area (Å²) in [5, 5.41) is 8.66. The van der Waals surface area contributed by atoms with Crippen LogP contribution in [0.4, 0.5) is 0 Å². The lowest BCUT2D eigenvalue weighted by Gasteiger charge is -2.13. The van der Waals surface area contributed by atoms with Gasteiger partial charge in [-0.1, -0.05) is 17.7 Å². The molecule has 25 heavy (non-hydrogen) atoms. The number of thiazole rings is 1. The molecule has 6 nitrogen and oxygen atoms in total. The summed E-state index contributed by atoms with van der Waals surface area (Å²) in [7, 11) is 3.48. The quantitative estimate of drug-likeness (QED) is 0.526. The van der Waals surface area contributed by atoms with E-state index in [1.54, 1.807) is 25.5 Å². The van der Waals surface area contributed by atoms with E-state index in [9.17, 15) is 0 Å². The maximum atomic E-state index is 5.43. The van der Waals surface area contributed by atoms with Crippen molar-refractivity contribution in [3.8, 4) is 5.75 Å². The van der Waals surface area contributed by atoms with Crippen molar-refractivity contribution in [2.24, 2.45) is 4.99 Å². The molecular formula is C18H23N5OS. The lowest BCUT2D eigenvalue weighted by molar-refractivity contribution is 0.409. The number of aliphatic imine (C=N–C) groups is 1. The van der Waals surface area contributed by atoms with Crippen LogP contribution in [0.1, 0.15) is 16.8 Å². The Morgan fingerprint density at radius 3 is 3.00 bits per heavy atom. The van der Waals surface area contributed by atoms with Gasteiger partial charge in [-0.2, -0.15) is 0 Å². The molecule has 0 aliphatic carbocycles. The van der Waals surface area contributed by atoms with E-state index >= 15 is 0 Å². The van der Waals surface area contributed by atoms with Gasteiger partial charge in [-0.25, -0.2) is 4.98 Å². The zero-order valence-corrected chi connectivity index (χ0v) is 15.6. The molecule has 2 aromatic heterocycles. The van der Waals surface area contributed by atoms with Crippen molar-refractivity contribution in [2.75, 3.05) is 20.7 Å².